The van der Waals surface area contributed by atoms with Crippen LogP contribution in [0.4, 0.5) is 5.69 Å². The molecule has 3 rings (SSSR count). The molecule has 0 saturated heterocycles. The summed E-state index contributed by atoms with van der Waals surface area (Å²) >= 11 is 4.94. The first-order chi connectivity index (χ1) is 9.63. The number of anilines is 1. The zero-order chi connectivity index (χ0) is 14.1. The minimum atomic E-state index is -0.615. The van der Waals surface area contributed by atoms with Crippen molar-refractivity contribution in [2.45, 2.75) is 25.4 Å². The molecule has 20 heavy (non-hydrogen) atoms. The summed E-state index contributed by atoms with van der Waals surface area (Å²) in [6.07, 6.45) is 1.66. The Balaban J connectivity index is 1.92. The molecule has 1 atom stereocenters. The Hall–Kier alpha value is -1.17. The number of aliphatic hydroxyl groups is 1. The van der Waals surface area contributed by atoms with Gasteiger partial charge in [-0.3, -0.25) is 4.79 Å². The van der Waals surface area contributed by atoms with E-state index < -0.39 is 6.10 Å². The highest BCUT2D eigenvalue weighted by molar-refractivity contribution is 9.11. The summed E-state index contributed by atoms with van der Waals surface area (Å²) in [4.78, 5) is 12.4. The zero-order valence-corrected chi connectivity index (χ0v) is 13.1. The lowest BCUT2D eigenvalue weighted by atomic mass is 10.0. The van der Waals surface area contributed by atoms with E-state index in [-0.39, 0.29) is 5.91 Å². The van der Waals surface area contributed by atoms with Crippen LogP contribution in [-0.4, -0.2) is 11.0 Å². The Bertz CT molecular complexity index is 653. The van der Waals surface area contributed by atoms with Gasteiger partial charge in [0.2, 0.25) is 5.91 Å². The predicted molar refractivity (Wildman–Crippen MR) is 84.1 cm³/mol. The number of fused-ring (bicyclic) bond motifs is 1. The van der Waals surface area contributed by atoms with Crippen molar-refractivity contribution in [2.75, 3.05) is 5.32 Å². The largest absolute Gasteiger partial charge is 0.383 e. The maximum absolute atomic E-state index is 11.5. The van der Waals surface area contributed by atoms with Gasteiger partial charge in [0.05, 0.1) is 3.79 Å². The summed E-state index contributed by atoms with van der Waals surface area (Å²) in [5.41, 5.74) is 2.84. The van der Waals surface area contributed by atoms with E-state index in [2.05, 4.69) is 21.2 Å². The highest BCUT2D eigenvalue weighted by Gasteiger charge is 2.17. The second-order valence-electron chi connectivity index (χ2n) is 4.86. The molecule has 104 valence electrons. The van der Waals surface area contributed by atoms with Gasteiger partial charge in [-0.25, -0.2) is 0 Å². The van der Waals surface area contributed by atoms with Crippen molar-refractivity contribution in [3.8, 4) is 0 Å². The minimum Gasteiger partial charge on any atom is -0.383 e. The molecule has 1 aliphatic rings. The van der Waals surface area contributed by atoms with Crippen LogP contribution in [0.1, 0.15) is 34.9 Å². The molecule has 0 fully saturated rings. The monoisotopic (exact) mass is 351 g/mol. The van der Waals surface area contributed by atoms with Gasteiger partial charge in [0.25, 0.3) is 0 Å². The number of halogens is 1. The van der Waals surface area contributed by atoms with Crippen molar-refractivity contribution < 1.29 is 9.90 Å². The van der Waals surface area contributed by atoms with E-state index in [1.165, 1.54) is 11.3 Å². The number of amides is 1. The minimum absolute atomic E-state index is 0.0687. The first kappa shape index (κ1) is 13.8. The molecule has 0 spiro atoms. The molecule has 0 radical (unpaired) electrons. The first-order valence-electron chi connectivity index (χ1n) is 6.49. The number of aryl methyl sites for hydroxylation is 1. The van der Waals surface area contributed by atoms with Crippen LogP contribution in [0.2, 0.25) is 0 Å². The van der Waals surface area contributed by atoms with Crippen LogP contribution >= 0.6 is 27.3 Å². The summed E-state index contributed by atoms with van der Waals surface area (Å²) in [6, 6.07) is 9.63. The lowest BCUT2D eigenvalue weighted by Gasteiger charge is -2.13. The van der Waals surface area contributed by atoms with Crippen LogP contribution in [0.15, 0.2) is 34.1 Å². The van der Waals surface area contributed by atoms with E-state index in [4.69, 9.17) is 0 Å². The molecule has 3 nitrogen and oxygen atoms in total. The van der Waals surface area contributed by atoms with Gasteiger partial charge in [-0.2, -0.15) is 0 Å². The van der Waals surface area contributed by atoms with E-state index in [0.29, 0.717) is 6.42 Å². The fraction of sp³-hybridized carbons (Fsp3) is 0.267. The van der Waals surface area contributed by atoms with Crippen LogP contribution in [0.25, 0.3) is 0 Å². The van der Waals surface area contributed by atoms with E-state index in [1.54, 1.807) is 0 Å². The molecular formula is C15H14BrNO2S. The second kappa shape index (κ2) is 5.68. The molecule has 0 aliphatic carbocycles. The van der Waals surface area contributed by atoms with Crippen molar-refractivity contribution >= 4 is 38.9 Å². The van der Waals surface area contributed by atoms with Crippen molar-refractivity contribution in [1.82, 2.24) is 0 Å². The highest BCUT2D eigenvalue weighted by Crippen LogP contribution is 2.33. The molecule has 2 N–H and O–H groups in total. The molecule has 1 unspecified atom stereocenters. The van der Waals surface area contributed by atoms with Gasteiger partial charge < -0.3 is 10.4 Å². The van der Waals surface area contributed by atoms with Crippen LogP contribution in [0, 0.1) is 0 Å². The van der Waals surface area contributed by atoms with Gasteiger partial charge in [0.1, 0.15) is 6.10 Å². The number of carbonyl (C=O) groups excluding carboxylic acids is 1. The van der Waals surface area contributed by atoms with Crippen molar-refractivity contribution in [2.24, 2.45) is 0 Å². The average molecular weight is 352 g/mol. The maximum Gasteiger partial charge on any atom is 0.224 e. The Morgan fingerprint density at radius 2 is 2.10 bits per heavy atom. The summed E-state index contributed by atoms with van der Waals surface area (Å²) in [7, 11) is 0. The molecule has 1 aliphatic heterocycles. The average Bonchev–Trinajstić information content (AvgIpc) is 2.77. The predicted octanol–water partition coefficient (Wildman–Crippen LogP) is 3.87. The van der Waals surface area contributed by atoms with Crippen LogP contribution < -0.4 is 5.32 Å². The molecule has 1 aromatic carbocycles. The molecule has 2 aromatic rings. The van der Waals surface area contributed by atoms with Gasteiger partial charge in [-0.05, 0) is 58.1 Å². The molecule has 0 bridgehead atoms. The lowest BCUT2D eigenvalue weighted by molar-refractivity contribution is -0.116. The molecule has 1 amide bonds. The first-order valence-corrected chi connectivity index (χ1v) is 8.10. The second-order valence-corrected chi connectivity index (χ2v) is 7.36. The highest BCUT2D eigenvalue weighted by atomic mass is 79.9. The number of benzene rings is 1. The smallest absolute Gasteiger partial charge is 0.224 e. The zero-order valence-electron chi connectivity index (χ0n) is 10.7. The lowest BCUT2D eigenvalue weighted by Crippen LogP contribution is -2.09. The van der Waals surface area contributed by atoms with Crippen molar-refractivity contribution in [3.63, 3.8) is 0 Å². The fourth-order valence-electron chi connectivity index (χ4n) is 2.40. The van der Waals surface area contributed by atoms with Gasteiger partial charge in [0, 0.05) is 17.0 Å². The number of aliphatic hydroxyl groups excluding tert-OH is 1. The molecule has 1 aromatic heterocycles. The maximum atomic E-state index is 11.5. The standard InChI is InChI=1S/C15H14BrNO2S/c16-13-7-6-12(20-13)15(19)10-4-5-11-9(8-10)2-1-3-14(18)17-11/h4-8,15,19H,1-3H2,(H,17,18). The van der Waals surface area contributed by atoms with E-state index in [1.807, 2.05) is 30.3 Å². The third-order valence-electron chi connectivity index (χ3n) is 3.43. The SMILES string of the molecule is O=C1CCCc2cc(C(O)c3ccc(Br)s3)ccc2N1. The third kappa shape index (κ3) is 2.80. The molecule has 0 saturated carbocycles. The number of thiophene rings is 1. The quantitative estimate of drug-likeness (QED) is 0.862. The van der Waals surface area contributed by atoms with E-state index >= 15 is 0 Å². The Morgan fingerprint density at radius 1 is 1.25 bits per heavy atom. The molecular weight excluding hydrogens is 338 g/mol. The Morgan fingerprint density at radius 3 is 2.85 bits per heavy atom. The van der Waals surface area contributed by atoms with Gasteiger partial charge in [0.15, 0.2) is 0 Å². The third-order valence-corrected chi connectivity index (χ3v) is 5.11. The summed E-state index contributed by atoms with van der Waals surface area (Å²) < 4.78 is 1.01. The Kier molecular flexibility index (Phi) is 3.92. The summed E-state index contributed by atoms with van der Waals surface area (Å²) in [5.74, 6) is 0.0687. The number of nitrogens with one attached hydrogen (secondary N) is 1. The van der Waals surface area contributed by atoms with Crippen molar-refractivity contribution in [1.29, 1.82) is 0 Å². The van der Waals surface area contributed by atoms with Crippen LogP contribution in [0.3, 0.4) is 0 Å². The van der Waals surface area contributed by atoms with Crippen molar-refractivity contribution in [3.05, 3.63) is 50.1 Å². The number of carbonyl (C=O) groups is 1. The summed E-state index contributed by atoms with van der Waals surface area (Å²) in [6.45, 7) is 0. The Labute approximate surface area is 129 Å². The molecule has 5 heteroatoms. The molecule has 2 heterocycles. The number of rotatable bonds is 2. The van der Waals surface area contributed by atoms with E-state index in [0.717, 1.165) is 38.3 Å². The van der Waals surface area contributed by atoms with Crippen LogP contribution in [0.5, 0.6) is 0 Å². The topological polar surface area (TPSA) is 49.3 Å². The van der Waals surface area contributed by atoms with Gasteiger partial charge >= 0.3 is 0 Å². The van der Waals surface area contributed by atoms with E-state index in [9.17, 15) is 9.90 Å². The normalized spacial score (nSPS) is 16.2. The number of hydrogen-bond acceptors (Lipinski definition) is 3. The fourth-order valence-corrected chi connectivity index (χ4v) is 3.84. The van der Waals surface area contributed by atoms with Gasteiger partial charge in [-0.15, -0.1) is 11.3 Å². The van der Waals surface area contributed by atoms with Gasteiger partial charge in [-0.1, -0.05) is 12.1 Å². The van der Waals surface area contributed by atoms with Crippen LogP contribution in [-0.2, 0) is 11.2 Å². The summed E-state index contributed by atoms with van der Waals surface area (Å²) in [5, 5.41) is 13.3. The number of hydrogen-bond donors (Lipinski definition) is 2.